The number of benzene rings is 4. The predicted octanol–water partition coefficient (Wildman–Crippen LogP) is 6.32. The van der Waals surface area contributed by atoms with Crippen LogP contribution in [0.1, 0.15) is 36.5 Å². The van der Waals surface area contributed by atoms with E-state index in [1.165, 1.54) is 43.2 Å². The fourth-order valence-corrected chi connectivity index (χ4v) is 6.76. The molecule has 0 unspecified atom stereocenters. The molecule has 0 spiro atoms. The van der Waals surface area contributed by atoms with Gasteiger partial charge < -0.3 is 15.0 Å². The van der Waals surface area contributed by atoms with E-state index in [4.69, 9.17) is 16.3 Å². The second-order valence-electron chi connectivity index (χ2n) is 11.4. The summed E-state index contributed by atoms with van der Waals surface area (Å²) >= 11 is 6.14. The molecule has 1 N–H and O–H groups in total. The van der Waals surface area contributed by atoms with E-state index in [9.17, 15) is 28.1 Å². The van der Waals surface area contributed by atoms with Crippen LogP contribution < -0.4 is 14.4 Å². The standard InChI is InChI=1S/C36H39ClN4O7S/c1-4-5-21-38-36(43)34(22-27-9-7-6-8-10-27)39(24-28-12-14-29(37)15-13-28)35(42)25-40(30-16-18-31(48-3)19-17-30)49(46,47)32-20-11-26(2)33(23-32)41(44)45/h6-20,23,34H,4-5,21-22,24-25H2,1-3H3,(H,38,43)/t34-/m1/s1. The number of methoxy groups -OCH3 is 1. The molecule has 2 amide bonds. The molecule has 0 fully saturated rings. The lowest BCUT2D eigenvalue weighted by Crippen LogP contribution is -2.53. The Bertz CT molecular complexity index is 1850. The Morgan fingerprint density at radius 2 is 1.63 bits per heavy atom. The highest BCUT2D eigenvalue weighted by atomic mass is 35.5. The smallest absolute Gasteiger partial charge is 0.273 e. The maximum absolute atomic E-state index is 14.6. The molecule has 49 heavy (non-hydrogen) atoms. The van der Waals surface area contributed by atoms with Crippen molar-refractivity contribution in [3.05, 3.63) is 129 Å². The molecule has 0 saturated carbocycles. The van der Waals surface area contributed by atoms with Crippen molar-refractivity contribution in [2.24, 2.45) is 0 Å². The minimum atomic E-state index is -4.55. The lowest BCUT2D eigenvalue weighted by molar-refractivity contribution is -0.385. The number of carbonyl (C=O) groups is 2. The summed E-state index contributed by atoms with van der Waals surface area (Å²) in [5.41, 5.74) is 1.50. The first kappa shape index (κ1) is 36.9. The summed E-state index contributed by atoms with van der Waals surface area (Å²) < 4.78 is 34.8. The largest absolute Gasteiger partial charge is 0.497 e. The monoisotopic (exact) mass is 706 g/mol. The van der Waals surface area contributed by atoms with Crippen molar-refractivity contribution in [2.75, 3.05) is 24.5 Å². The number of hydrogen-bond donors (Lipinski definition) is 1. The van der Waals surface area contributed by atoms with E-state index in [0.29, 0.717) is 22.9 Å². The van der Waals surface area contributed by atoms with Gasteiger partial charge in [0.15, 0.2) is 0 Å². The second kappa shape index (κ2) is 16.9. The molecule has 0 radical (unpaired) electrons. The van der Waals surface area contributed by atoms with Crippen LogP contribution >= 0.6 is 11.6 Å². The first-order valence-corrected chi connectivity index (χ1v) is 17.5. The van der Waals surface area contributed by atoms with Crippen molar-refractivity contribution in [2.45, 2.75) is 50.6 Å². The fraction of sp³-hybridized carbons (Fsp3) is 0.278. The van der Waals surface area contributed by atoms with Gasteiger partial charge in [0.1, 0.15) is 18.3 Å². The van der Waals surface area contributed by atoms with Gasteiger partial charge in [-0.05, 0) is 66.9 Å². The molecule has 13 heteroatoms. The van der Waals surface area contributed by atoms with Crippen LogP contribution in [0.25, 0.3) is 0 Å². The molecule has 0 saturated heterocycles. The molecular formula is C36H39ClN4O7S. The number of halogens is 1. The van der Waals surface area contributed by atoms with Crippen LogP contribution in [0.5, 0.6) is 5.75 Å². The first-order valence-electron chi connectivity index (χ1n) is 15.7. The highest BCUT2D eigenvalue weighted by Gasteiger charge is 2.35. The van der Waals surface area contributed by atoms with Gasteiger partial charge in [0.05, 0.1) is 22.6 Å². The number of sulfonamides is 1. The van der Waals surface area contributed by atoms with Crippen LogP contribution in [0.3, 0.4) is 0 Å². The van der Waals surface area contributed by atoms with E-state index in [2.05, 4.69) is 5.32 Å². The zero-order valence-electron chi connectivity index (χ0n) is 27.5. The van der Waals surface area contributed by atoms with Gasteiger partial charge in [-0.3, -0.25) is 24.0 Å². The third kappa shape index (κ3) is 9.58. The number of rotatable bonds is 16. The lowest BCUT2D eigenvalue weighted by Gasteiger charge is -2.34. The van der Waals surface area contributed by atoms with Crippen molar-refractivity contribution in [3.8, 4) is 5.75 Å². The fourth-order valence-electron chi connectivity index (χ4n) is 5.20. The summed E-state index contributed by atoms with van der Waals surface area (Å²) in [6.45, 7) is 3.17. The summed E-state index contributed by atoms with van der Waals surface area (Å²) in [5, 5.41) is 15.2. The summed E-state index contributed by atoms with van der Waals surface area (Å²) in [6, 6.07) is 24.7. The Morgan fingerprint density at radius 3 is 2.24 bits per heavy atom. The summed E-state index contributed by atoms with van der Waals surface area (Å²) in [6.07, 6.45) is 1.75. The van der Waals surface area contributed by atoms with Gasteiger partial charge in [-0.15, -0.1) is 0 Å². The highest BCUT2D eigenvalue weighted by molar-refractivity contribution is 7.92. The van der Waals surface area contributed by atoms with Crippen molar-refractivity contribution in [1.82, 2.24) is 10.2 Å². The van der Waals surface area contributed by atoms with Gasteiger partial charge in [0.25, 0.3) is 15.7 Å². The quantitative estimate of drug-likeness (QED) is 0.0818. The van der Waals surface area contributed by atoms with Crippen LogP contribution in [0.2, 0.25) is 5.02 Å². The number of hydrogen-bond acceptors (Lipinski definition) is 7. The number of amides is 2. The number of anilines is 1. The Kier molecular flexibility index (Phi) is 12.8. The SMILES string of the molecule is CCCCNC(=O)[C@@H](Cc1ccccc1)N(Cc1ccc(Cl)cc1)C(=O)CN(c1ccc(OC)cc1)S(=O)(=O)c1ccc(C)c([N+](=O)[O-])c1. The Morgan fingerprint density at radius 1 is 0.959 bits per heavy atom. The molecule has 11 nitrogen and oxygen atoms in total. The molecule has 1 atom stereocenters. The third-order valence-electron chi connectivity index (χ3n) is 7.97. The van der Waals surface area contributed by atoms with Gasteiger partial charge >= 0.3 is 0 Å². The first-order chi connectivity index (χ1) is 23.4. The Hall–Kier alpha value is -4.94. The van der Waals surface area contributed by atoms with E-state index in [1.807, 2.05) is 37.3 Å². The number of carbonyl (C=O) groups excluding carboxylic acids is 2. The average molecular weight is 707 g/mol. The number of nitrogens with zero attached hydrogens (tertiary/aromatic N) is 3. The molecule has 4 aromatic rings. The number of unbranched alkanes of at least 4 members (excludes halogenated alkanes) is 1. The average Bonchev–Trinajstić information content (AvgIpc) is 3.10. The van der Waals surface area contributed by atoms with Crippen molar-refractivity contribution >= 4 is 44.8 Å². The lowest BCUT2D eigenvalue weighted by atomic mass is 10.0. The van der Waals surface area contributed by atoms with E-state index < -0.39 is 33.4 Å². The molecule has 0 aliphatic heterocycles. The van der Waals surface area contributed by atoms with Gasteiger partial charge in [-0.2, -0.15) is 0 Å². The van der Waals surface area contributed by atoms with E-state index >= 15 is 0 Å². The van der Waals surface area contributed by atoms with E-state index in [1.54, 1.807) is 36.4 Å². The van der Waals surface area contributed by atoms with Gasteiger partial charge in [-0.1, -0.05) is 73.5 Å². The molecule has 0 aromatic heterocycles. The zero-order chi connectivity index (χ0) is 35.6. The molecular weight excluding hydrogens is 668 g/mol. The number of ether oxygens (including phenoxy) is 1. The van der Waals surface area contributed by atoms with Crippen LogP contribution in [-0.2, 0) is 32.6 Å². The number of nitro groups is 1. The second-order valence-corrected chi connectivity index (χ2v) is 13.7. The molecule has 0 aliphatic rings. The van der Waals surface area contributed by atoms with Gasteiger partial charge in [0, 0.05) is 36.2 Å². The summed E-state index contributed by atoms with van der Waals surface area (Å²) in [5.74, 6) is -0.593. The zero-order valence-corrected chi connectivity index (χ0v) is 29.1. The minimum absolute atomic E-state index is 0.0266. The van der Waals surface area contributed by atoms with Crippen LogP contribution in [0, 0.1) is 17.0 Å². The molecule has 4 aromatic carbocycles. The van der Waals surface area contributed by atoms with Crippen molar-refractivity contribution < 1.29 is 27.7 Å². The molecule has 0 aliphatic carbocycles. The van der Waals surface area contributed by atoms with E-state index in [-0.39, 0.29) is 40.7 Å². The number of aryl methyl sites for hydroxylation is 1. The Labute approximate surface area is 291 Å². The summed E-state index contributed by atoms with van der Waals surface area (Å²) in [7, 11) is -3.09. The predicted molar refractivity (Wildman–Crippen MR) is 189 cm³/mol. The van der Waals surface area contributed by atoms with Crippen molar-refractivity contribution in [1.29, 1.82) is 0 Å². The van der Waals surface area contributed by atoms with Crippen molar-refractivity contribution in [3.63, 3.8) is 0 Å². The van der Waals surface area contributed by atoms with Gasteiger partial charge in [0.2, 0.25) is 11.8 Å². The van der Waals surface area contributed by atoms with Crippen LogP contribution in [-0.4, -0.2) is 56.3 Å². The minimum Gasteiger partial charge on any atom is -0.497 e. The normalized spacial score (nSPS) is 11.8. The van der Waals surface area contributed by atoms with Gasteiger partial charge in [-0.25, -0.2) is 8.42 Å². The van der Waals surface area contributed by atoms with Crippen LogP contribution in [0.15, 0.2) is 102 Å². The molecule has 258 valence electrons. The number of nitro benzene ring substituents is 1. The maximum atomic E-state index is 14.6. The third-order valence-corrected chi connectivity index (χ3v) is 9.99. The van der Waals surface area contributed by atoms with Crippen LogP contribution in [0.4, 0.5) is 11.4 Å². The topological polar surface area (TPSA) is 139 Å². The molecule has 0 bridgehead atoms. The molecule has 4 rings (SSSR count). The number of nitrogens with one attached hydrogen (secondary N) is 1. The van der Waals surface area contributed by atoms with E-state index in [0.717, 1.165) is 28.8 Å². The maximum Gasteiger partial charge on any atom is 0.273 e. The summed E-state index contributed by atoms with van der Waals surface area (Å²) in [4.78, 5) is 40.5. The highest BCUT2D eigenvalue weighted by Crippen LogP contribution is 2.30. The Balaban J connectivity index is 1.82. The molecule has 0 heterocycles.